The Labute approximate surface area is 186 Å². The summed E-state index contributed by atoms with van der Waals surface area (Å²) in [5.41, 5.74) is 0.800. The van der Waals surface area contributed by atoms with E-state index in [2.05, 4.69) is 0 Å². The molecule has 7 nitrogen and oxygen atoms in total. The summed E-state index contributed by atoms with van der Waals surface area (Å²) in [5.74, 6) is -1.44. The zero-order valence-electron chi connectivity index (χ0n) is 17.6. The van der Waals surface area contributed by atoms with Crippen molar-refractivity contribution in [3.8, 4) is 11.5 Å². The predicted octanol–water partition coefficient (Wildman–Crippen LogP) is 3.43. The lowest BCUT2D eigenvalue weighted by Crippen LogP contribution is -2.32. The number of amides is 1. The minimum Gasteiger partial charge on any atom is -0.508 e. The second-order valence-corrected chi connectivity index (χ2v) is 8.00. The normalized spacial score (nSPS) is 18.1. The summed E-state index contributed by atoms with van der Waals surface area (Å²) in [6.07, 6.45) is 0.643. The fraction of sp³-hybridized carbons (Fsp3) is 0.304. The minimum absolute atomic E-state index is 0.00421. The van der Waals surface area contributed by atoms with Gasteiger partial charge >= 0.3 is 0 Å². The fourth-order valence-corrected chi connectivity index (χ4v) is 3.87. The number of rotatable bonds is 7. The molecule has 2 aromatic carbocycles. The highest BCUT2D eigenvalue weighted by atomic mass is 35.5. The molecular formula is C23H25ClN2O5. The van der Waals surface area contributed by atoms with Crippen molar-refractivity contribution in [1.82, 2.24) is 9.80 Å². The van der Waals surface area contributed by atoms with Crippen LogP contribution in [0.2, 0.25) is 5.02 Å². The zero-order valence-corrected chi connectivity index (χ0v) is 18.4. The lowest BCUT2D eigenvalue weighted by Gasteiger charge is -2.26. The number of halogens is 1. The van der Waals surface area contributed by atoms with Crippen LogP contribution in [0, 0.1) is 0 Å². The number of nitrogens with zero attached hydrogens (tertiary/aromatic N) is 2. The molecule has 1 fully saturated rings. The highest BCUT2D eigenvalue weighted by Gasteiger charge is 2.45. The van der Waals surface area contributed by atoms with Gasteiger partial charge < -0.3 is 24.7 Å². The van der Waals surface area contributed by atoms with Crippen LogP contribution in [0.15, 0.2) is 48.0 Å². The van der Waals surface area contributed by atoms with E-state index in [4.69, 9.17) is 16.3 Å². The summed E-state index contributed by atoms with van der Waals surface area (Å²) < 4.78 is 5.20. The average Bonchev–Trinajstić information content (AvgIpc) is 2.98. The third kappa shape index (κ3) is 4.68. The number of phenolic OH excluding ortho intramolecular Hbond substituents is 1. The number of likely N-dealkylation sites (tertiary alicyclic amines) is 1. The van der Waals surface area contributed by atoms with E-state index in [0.29, 0.717) is 34.9 Å². The monoisotopic (exact) mass is 444 g/mol. The summed E-state index contributed by atoms with van der Waals surface area (Å²) in [6, 6.07) is 10.1. The first-order valence-corrected chi connectivity index (χ1v) is 10.2. The number of Topliss-reactive ketones (excluding diaryl/α,β-unsaturated/α-hetero) is 1. The van der Waals surface area contributed by atoms with Gasteiger partial charge in [-0.1, -0.05) is 23.7 Å². The van der Waals surface area contributed by atoms with Gasteiger partial charge in [-0.05, 0) is 63.0 Å². The molecule has 1 unspecified atom stereocenters. The third-order valence-corrected chi connectivity index (χ3v) is 5.47. The van der Waals surface area contributed by atoms with E-state index in [1.54, 1.807) is 24.3 Å². The molecule has 0 spiro atoms. The van der Waals surface area contributed by atoms with Gasteiger partial charge in [0.1, 0.15) is 17.3 Å². The Morgan fingerprint density at radius 3 is 2.58 bits per heavy atom. The molecular weight excluding hydrogens is 420 g/mol. The number of aromatic hydroxyl groups is 1. The highest BCUT2D eigenvalue weighted by Crippen LogP contribution is 2.41. The smallest absolute Gasteiger partial charge is 0.295 e. The number of ketones is 1. The van der Waals surface area contributed by atoms with E-state index in [9.17, 15) is 19.8 Å². The second-order valence-electron chi connectivity index (χ2n) is 7.59. The number of methoxy groups -OCH3 is 1. The molecule has 0 aromatic heterocycles. The molecule has 1 saturated heterocycles. The molecule has 1 atom stereocenters. The van der Waals surface area contributed by atoms with Crippen molar-refractivity contribution in [3.05, 3.63) is 64.2 Å². The van der Waals surface area contributed by atoms with Gasteiger partial charge in [-0.25, -0.2) is 0 Å². The Morgan fingerprint density at radius 2 is 1.94 bits per heavy atom. The molecule has 0 radical (unpaired) electrons. The van der Waals surface area contributed by atoms with E-state index < -0.39 is 17.7 Å². The Bertz CT molecular complexity index is 1030. The van der Waals surface area contributed by atoms with Gasteiger partial charge in [0.2, 0.25) is 0 Å². The van der Waals surface area contributed by atoms with Crippen molar-refractivity contribution < 1.29 is 24.5 Å². The van der Waals surface area contributed by atoms with Crippen LogP contribution in [0.25, 0.3) is 5.76 Å². The molecule has 1 aliphatic rings. The van der Waals surface area contributed by atoms with Crippen LogP contribution in [-0.2, 0) is 9.59 Å². The SMILES string of the molecule is COc1cc(/C(O)=C2/C(=O)C(=O)N(CCCN(C)C)C2c2cccc(O)c2)ccc1Cl. The Kier molecular flexibility index (Phi) is 6.87. The topological polar surface area (TPSA) is 90.3 Å². The summed E-state index contributed by atoms with van der Waals surface area (Å²) in [6.45, 7) is 1.05. The quantitative estimate of drug-likeness (QED) is 0.386. The first-order valence-electron chi connectivity index (χ1n) is 9.80. The van der Waals surface area contributed by atoms with Crippen LogP contribution in [0.3, 0.4) is 0 Å². The van der Waals surface area contributed by atoms with Gasteiger partial charge in [0, 0.05) is 12.1 Å². The molecule has 1 amide bonds. The Hall–Kier alpha value is -3.03. The molecule has 1 aliphatic heterocycles. The number of phenols is 1. The zero-order chi connectivity index (χ0) is 22.7. The number of benzene rings is 2. The minimum atomic E-state index is -0.823. The van der Waals surface area contributed by atoms with Gasteiger partial charge in [0.15, 0.2) is 0 Å². The molecule has 0 aliphatic carbocycles. The van der Waals surface area contributed by atoms with E-state index >= 15 is 0 Å². The molecule has 0 saturated carbocycles. The van der Waals surface area contributed by atoms with E-state index in [0.717, 1.165) is 6.54 Å². The van der Waals surface area contributed by atoms with Gasteiger partial charge in [-0.2, -0.15) is 0 Å². The number of aliphatic hydroxyl groups excluding tert-OH is 1. The highest BCUT2D eigenvalue weighted by molar-refractivity contribution is 6.46. The first-order chi connectivity index (χ1) is 14.7. The van der Waals surface area contributed by atoms with Crippen LogP contribution in [-0.4, -0.2) is 66.0 Å². The van der Waals surface area contributed by atoms with Crippen molar-refractivity contribution in [2.24, 2.45) is 0 Å². The van der Waals surface area contributed by atoms with Crippen LogP contribution in [0.1, 0.15) is 23.6 Å². The number of aliphatic hydroxyl groups is 1. The summed E-state index contributed by atoms with van der Waals surface area (Å²) in [7, 11) is 5.30. The maximum absolute atomic E-state index is 13.0. The van der Waals surface area contributed by atoms with Crippen molar-refractivity contribution >= 4 is 29.1 Å². The maximum Gasteiger partial charge on any atom is 0.295 e. The Balaban J connectivity index is 2.12. The largest absolute Gasteiger partial charge is 0.508 e. The van der Waals surface area contributed by atoms with Crippen LogP contribution < -0.4 is 4.74 Å². The van der Waals surface area contributed by atoms with E-state index in [1.165, 1.54) is 30.2 Å². The van der Waals surface area contributed by atoms with Crippen molar-refractivity contribution in [2.45, 2.75) is 12.5 Å². The maximum atomic E-state index is 13.0. The average molecular weight is 445 g/mol. The van der Waals surface area contributed by atoms with Crippen molar-refractivity contribution in [2.75, 3.05) is 34.3 Å². The first kappa shape index (κ1) is 22.7. The predicted molar refractivity (Wildman–Crippen MR) is 118 cm³/mol. The summed E-state index contributed by atoms with van der Waals surface area (Å²) in [5, 5.41) is 21.4. The molecule has 2 aromatic rings. The van der Waals surface area contributed by atoms with Gasteiger partial charge in [0.25, 0.3) is 11.7 Å². The van der Waals surface area contributed by atoms with Crippen molar-refractivity contribution in [1.29, 1.82) is 0 Å². The molecule has 164 valence electrons. The fourth-order valence-electron chi connectivity index (χ4n) is 3.67. The molecule has 0 bridgehead atoms. The molecule has 2 N–H and O–H groups in total. The molecule has 1 heterocycles. The number of hydrogen-bond acceptors (Lipinski definition) is 6. The summed E-state index contributed by atoms with van der Waals surface area (Å²) >= 11 is 6.08. The van der Waals surface area contributed by atoms with Gasteiger partial charge in [-0.15, -0.1) is 0 Å². The third-order valence-electron chi connectivity index (χ3n) is 5.15. The number of carbonyl (C=O) groups excluding carboxylic acids is 2. The Morgan fingerprint density at radius 1 is 1.19 bits per heavy atom. The lowest BCUT2D eigenvalue weighted by molar-refractivity contribution is -0.139. The number of carbonyl (C=O) groups is 2. The second kappa shape index (κ2) is 9.41. The standard InChI is InChI=1S/C23H25ClN2O5/c1-25(2)10-5-11-26-20(14-6-4-7-16(27)12-14)19(22(29)23(26)30)21(28)15-8-9-17(24)18(13-15)31-3/h4,6-9,12-13,20,27-28H,5,10-11H2,1-3H3/b21-19-. The van der Waals surface area contributed by atoms with Crippen LogP contribution >= 0.6 is 11.6 Å². The van der Waals surface area contributed by atoms with Crippen molar-refractivity contribution in [3.63, 3.8) is 0 Å². The van der Waals surface area contributed by atoms with Gasteiger partial charge in [0.05, 0.1) is 23.7 Å². The molecule has 8 heteroatoms. The summed E-state index contributed by atoms with van der Waals surface area (Å²) in [4.78, 5) is 29.3. The van der Waals surface area contributed by atoms with Crippen LogP contribution in [0.5, 0.6) is 11.5 Å². The molecule has 3 rings (SSSR count). The number of ether oxygens (including phenoxy) is 1. The molecule has 31 heavy (non-hydrogen) atoms. The lowest BCUT2D eigenvalue weighted by atomic mass is 9.95. The van der Waals surface area contributed by atoms with Gasteiger partial charge in [-0.3, -0.25) is 9.59 Å². The number of hydrogen-bond donors (Lipinski definition) is 2. The van der Waals surface area contributed by atoms with E-state index in [-0.39, 0.29) is 17.1 Å². The van der Waals surface area contributed by atoms with E-state index in [1.807, 2.05) is 19.0 Å². The van der Waals surface area contributed by atoms with Crippen LogP contribution in [0.4, 0.5) is 0 Å².